The molecule has 0 amide bonds. The van der Waals surface area contributed by atoms with Crippen molar-refractivity contribution in [1.29, 1.82) is 5.26 Å². The number of ether oxygens (including phenoxy) is 1. The summed E-state index contributed by atoms with van der Waals surface area (Å²) in [5.41, 5.74) is 2.51. The van der Waals surface area contributed by atoms with Gasteiger partial charge in [0.2, 0.25) is 5.28 Å². The highest BCUT2D eigenvalue weighted by Gasteiger charge is 2.26. The summed E-state index contributed by atoms with van der Waals surface area (Å²) in [6.07, 6.45) is 4.01. The summed E-state index contributed by atoms with van der Waals surface area (Å²) in [7, 11) is 1.55. The zero-order chi connectivity index (χ0) is 16.7. The Morgan fingerprint density at radius 2 is 2.17 bits per heavy atom. The minimum absolute atomic E-state index is 0.149. The first kappa shape index (κ1) is 14.7. The van der Waals surface area contributed by atoms with E-state index in [-0.39, 0.29) is 5.28 Å². The first-order valence-electron chi connectivity index (χ1n) is 7.44. The van der Waals surface area contributed by atoms with E-state index in [0.29, 0.717) is 40.0 Å². The van der Waals surface area contributed by atoms with Gasteiger partial charge in [-0.1, -0.05) is 0 Å². The van der Waals surface area contributed by atoms with Crippen molar-refractivity contribution >= 4 is 34.3 Å². The van der Waals surface area contributed by atoms with Gasteiger partial charge in [-0.2, -0.15) is 15.2 Å². The van der Waals surface area contributed by atoms with Crippen molar-refractivity contribution < 1.29 is 4.74 Å². The lowest BCUT2D eigenvalue weighted by Crippen LogP contribution is -2.00. The molecule has 0 unspecified atom stereocenters. The molecule has 0 atom stereocenters. The van der Waals surface area contributed by atoms with Gasteiger partial charge in [-0.05, 0) is 36.6 Å². The standard InChI is InChI=1S/C16H13ClN6O/c1-24-12-5-9(7-18)4-10(6-12)20-14-13-15(22-16(17)21-14)23(8-19-13)11-2-3-11/h4-6,8,11H,2-3H2,1H3,(H,20,21,22). The Morgan fingerprint density at radius 3 is 2.88 bits per heavy atom. The van der Waals surface area contributed by atoms with E-state index in [1.165, 1.54) is 0 Å². The zero-order valence-corrected chi connectivity index (χ0v) is 13.6. The molecular weight excluding hydrogens is 328 g/mol. The van der Waals surface area contributed by atoms with E-state index in [1.807, 2.05) is 4.57 Å². The highest BCUT2D eigenvalue weighted by molar-refractivity contribution is 6.28. The molecule has 0 saturated heterocycles. The van der Waals surface area contributed by atoms with Gasteiger partial charge >= 0.3 is 0 Å². The average molecular weight is 341 g/mol. The molecule has 1 fully saturated rings. The Kier molecular flexibility index (Phi) is 3.47. The molecule has 1 aliphatic rings. The topological polar surface area (TPSA) is 88.7 Å². The Bertz CT molecular complexity index is 973. The molecule has 0 aliphatic heterocycles. The van der Waals surface area contributed by atoms with Crippen LogP contribution >= 0.6 is 11.6 Å². The molecule has 3 aromatic rings. The smallest absolute Gasteiger partial charge is 0.226 e. The van der Waals surface area contributed by atoms with Crippen LogP contribution in [0.2, 0.25) is 5.28 Å². The molecular formula is C16H13ClN6O. The SMILES string of the molecule is COc1cc(C#N)cc(Nc2nc(Cl)nc3c2ncn3C2CC2)c1. The molecule has 1 aliphatic carbocycles. The number of hydrogen-bond donors (Lipinski definition) is 1. The van der Waals surface area contributed by atoms with Gasteiger partial charge in [-0.15, -0.1) is 0 Å². The van der Waals surface area contributed by atoms with E-state index in [0.717, 1.165) is 12.8 Å². The largest absolute Gasteiger partial charge is 0.497 e. The summed E-state index contributed by atoms with van der Waals surface area (Å²) in [6, 6.07) is 7.70. The molecule has 2 heterocycles. The molecule has 0 radical (unpaired) electrons. The lowest BCUT2D eigenvalue weighted by molar-refractivity contribution is 0.415. The number of fused-ring (bicyclic) bond motifs is 1. The molecule has 24 heavy (non-hydrogen) atoms. The number of halogens is 1. The van der Waals surface area contributed by atoms with Gasteiger partial charge in [0.15, 0.2) is 17.0 Å². The monoisotopic (exact) mass is 340 g/mol. The minimum atomic E-state index is 0.149. The first-order chi connectivity index (χ1) is 11.7. The molecule has 0 bridgehead atoms. The second kappa shape index (κ2) is 5.65. The molecule has 7 nitrogen and oxygen atoms in total. The summed E-state index contributed by atoms with van der Waals surface area (Å²) in [5, 5.41) is 12.5. The number of benzene rings is 1. The number of rotatable bonds is 4. The zero-order valence-electron chi connectivity index (χ0n) is 12.8. The predicted molar refractivity (Wildman–Crippen MR) is 89.6 cm³/mol. The fourth-order valence-electron chi connectivity index (χ4n) is 2.59. The molecule has 8 heteroatoms. The molecule has 0 spiro atoms. The summed E-state index contributed by atoms with van der Waals surface area (Å²) in [4.78, 5) is 13.0. The normalized spacial score (nSPS) is 13.7. The molecule has 4 rings (SSSR count). The number of imidazole rings is 1. The minimum Gasteiger partial charge on any atom is -0.497 e. The van der Waals surface area contributed by atoms with Gasteiger partial charge in [0.05, 0.1) is 25.1 Å². The summed E-state index contributed by atoms with van der Waals surface area (Å²) in [6.45, 7) is 0. The fourth-order valence-corrected chi connectivity index (χ4v) is 2.75. The number of nitriles is 1. The number of nitrogens with zero attached hydrogens (tertiary/aromatic N) is 5. The second-order valence-electron chi connectivity index (χ2n) is 5.58. The van der Waals surface area contributed by atoms with Crippen LogP contribution < -0.4 is 10.1 Å². The first-order valence-corrected chi connectivity index (χ1v) is 7.82. The maximum atomic E-state index is 9.14. The Hall–Kier alpha value is -2.85. The van der Waals surface area contributed by atoms with Crippen molar-refractivity contribution in [2.45, 2.75) is 18.9 Å². The number of methoxy groups -OCH3 is 1. The van der Waals surface area contributed by atoms with E-state index >= 15 is 0 Å². The summed E-state index contributed by atoms with van der Waals surface area (Å²) >= 11 is 6.08. The van der Waals surface area contributed by atoms with E-state index in [2.05, 4.69) is 26.3 Å². The van der Waals surface area contributed by atoms with Gasteiger partial charge in [0, 0.05) is 17.8 Å². The van der Waals surface area contributed by atoms with Crippen LogP contribution in [-0.4, -0.2) is 26.6 Å². The Labute approximate surface area is 142 Å². The van der Waals surface area contributed by atoms with E-state index in [1.54, 1.807) is 31.6 Å². The highest BCUT2D eigenvalue weighted by atomic mass is 35.5. The van der Waals surface area contributed by atoms with Crippen LogP contribution in [-0.2, 0) is 0 Å². The third-order valence-electron chi connectivity index (χ3n) is 3.87. The maximum absolute atomic E-state index is 9.14. The van der Waals surface area contributed by atoms with Gasteiger partial charge in [0.25, 0.3) is 0 Å². The maximum Gasteiger partial charge on any atom is 0.226 e. The number of anilines is 2. The summed E-state index contributed by atoms with van der Waals surface area (Å²) < 4.78 is 7.25. The molecule has 120 valence electrons. The molecule has 1 aromatic carbocycles. The quantitative estimate of drug-likeness (QED) is 0.732. The second-order valence-corrected chi connectivity index (χ2v) is 5.92. The van der Waals surface area contributed by atoms with E-state index in [9.17, 15) is 0 Å². The Balaban J connectivity index is 1.78. The van der Waals surface area contributed by atoms with Crippen LogP contribution in [0.3, 0.4) is 0 Å². The fraction of sp³-hybridized carbons (Fsp3) is 0.250. The van der Waals surface area contributed by atoms with Crippen molar-refractivity contribution in [3.63, 3.8) is 0 Å². The number of nitrogens with one attached hydrogen (secondary N) is 1. The molecule has 1 N–H and O–H groups in total. The number of aromatic nitrogens is 4. The lowest BCUT2D eigenvalue weighted by atomic mass is 10.2. The van der Waals surface area contributed by atoms with Gasteiger partial charge < -0.3 is 14.6 Å². The lowest BCUT2D eigenvalue weighted by Gasteiger charge is -2.09. The van der Waals surface area contributed by atoms with Crippen LogP contribution in [0, 0.1) is 11.3 Å². The van der Waals surface area contributed by atoms with Gasteiger partial charge in [-0.3, -0.25) is 0 Å². The Morgan fingerprint density at radius 1 is 1.33 bits per heavy atom. The number of hydrogen-bond acceptors (Lipinski definition) is 6. The summed E-state index contributed by atoms with van der Waals surface area (Å²) in [5.74, 6) is 1.08. The van der Waals surface area contributed by atoms with Gasteiger partial charge in [0.1, 0.15) is 5.75 Å². The van der Waals surface area contributed by atoms with Gasteiger partial charge in [-0.25, -0.2) is 4.98 Å². The third-order valence-corrected chi connectivity index (χ3v) is 4.04. The van der Waals surface area contributed by atoms with Crippen molar-refractivity contribution in [1.82, 2.24) is 19.5 Å². The van der Waals surface area contributed by atoms with Crippen molar-refractivity contribution in [2.24, 2.45) is 0 Å². The van der Waals surface area contributed by atoms with Crippen molar-refractivity contribution in [2.75, 3.05) is 12.4 Å². The van der Waals surface area contributed by atoms with Crippen molar-refractivity contribution in [3.8, 4) is 11.8 Å². The van der Waals surface area contributed by atoms with Crippen LogP contribution in [0.1, 0.15) is 24.4 Å². The highest BCUT2D eigenvalue weighted by Crippen LogP contribution is 2.38. The molecule has 1 saturated carbocycles. The van der Waals surface area contributed by atoms with Crippen LogP contribution in [0.15, 0.2) is 24.5 Å². The van der Waals surface area contributed by atoms with E-state index in [4.69, 9.17) is 21.6 Å². The van der Waals surface area contributed by atoms with Crippen LogP contribution in [0.25, 0.3) is 11.2 Å². The van der Waals surface area contributed by atoms with E-state index < -0.39 is 0 Å². The average Bonchev–Trinajstić information content (AvgIpc) is 3.34. The molecule has 2 aromatic heterocycles. The van der Waals surface area contributed by atoms with Crippen LogP contribution in [0.5, 0.6) is 5.75 Å². The third kappa shape index (κ3) is 2.61. The van der Waals surface area contributed by atoms with Crippen molar-refractivity contribution in [3.05, 3.63) is 35.4 Å². The van der Waals surface area contributed by atoms with Crippen LogP contribution in [0.4, 0.5) is 11.5 Å². The predicted octanol–water partition coefficient (Wildman–Crippen LogP) is 3.44.